The molecule has 5 N–H and O–H groups in total. The van der Waals surface area contributed by atoms with Crippen molar-refractivity contribution in [1.29, 1.82) is 0 Å². The first-order valence-electron chi connectivity index (χ1n) is 11.0. The Balaban J connectivity index is 1.81. The first-order chi connectivity index (χ1) is 16.3. The van der Waals surface area contributed by atoms with Gasteiger partial charge in [0.05, 0.1) is 5.92 Å². The van der Waals surface area contributed by atoms with Crippen molar-refractivity contribution in [2.75, 3.05) is 6.16 Å². The number of nitrogens with one attached hydrogen (secondary N) is 1. The number of hydrogen-bond acceptors (Lipinski definition) is 4. The van der Waals surface area contributed by atoms with Crippen molar-refractivity contribution in [3.05, 3.63) is 108 Å². The van der Waals surface area contributed by atoms with Gasteiger partial charge in [0, 0.05) is 12.6 Å². The van der Waals surface area contributed by atoms with Crippen LogP contribution in [0.3, 0.4) is 0 Å². The van der Waals surface area contributed by atoms with Crippen LogP contribution in [0, 0.1) is 5.92 Å². The number of carboxylic acid groups (broad SMARTS) is 1. The summed E-state index contributed by atoms with van der Waals surface area (Å²) in [5.74, 6) is -3.87. The number of amides is 1. The summed E-state index contributed by atoms with van der Waals surface area (Å²) >= 11 is 0. The van der Waals surface area contributed by atoms with Crippen LogP contribution < -0.4 is 11.1 Å². The second kappa shape index (κ2) is 11.7. The average molecular weight is 481 g/mol. The van der Waals surface area contributed by atoms with Crippen LogP contribution in [-0.2, 0) is 27.0 Å². The van der Waals surface area contributed by atoms with E-state index in [0.29, 0.717) is 5.56 Å². The van der Waals surface area contributed by atoms with Gasteiger partial charge in [-0.05, 0) is 23.1 Å². The Kier molecular flexibility index (Phi) is 8.77. The molecule has 0 radical (unpaired) electrons. The van der Waals surface area contributed by atoms with Crippen LogP contribution in [0.4, 0.5) is 0 Å². The molecule has 3 aromatic carbocycles. The van der Waals surface area contributed by atoms with E-state index in [4.69, 9.17) is 5.73 Å². The van der Waals surface area contributed by atoms with E-state index in [9.17, 15) is 24.2 Å². The number of nitrogens with two attached hydrogens (primary N) is 1. The normalized spacial score (nSPS) is 15.5. The Morgan fingerprint density at radius 2 is 1.29 bits per heavy atom. The van der Waals surface area contributed by atoms with Gasteiger partial charge in [0.1, 0.15) is 11.8 Å². The van der Waals surface area contributed by atoms with Gasteiger partial charge < -0.3 is 21.1 Å². The minimum Gasteiger partial charge on any atom is -0.480 e. The van der Waals surface area contributed by atoms with Crippen LogP contribution in [0.1, 0.15) is 22.5 Å². The number of hydrogen-bond donors (Lipinski definition) is 4. The maximum atomic E-state index is 13.3. The first-order valence-corrected chi connectivity index (χ1v) is 12.9. The molecule has 3 unspecified atom stereocenters. The molecular formula is C26H29N2O5P. The lowest BCUT2D eigenvalue weighted by atomic mass is 9.99. The molecule has 0 aromatic heterocycles. The smallest absolute Gasteiger partial charge is 0.326 e. The molecule has 0 spiro atoms. The Hall–Kier alpha value is -3.25. The molecule has 0 bridgehead atoms. The summed E-state index contributed by atoms with van der Waals surface area (Å²) in [6, 6.07) is 25.5. The second-order valence-electron chi connectivity index (χ2n) is 8.27. The van der Waals surface area contributed by atoms with Gasteiger partial charge in [-0.25, -0.2) is 4.79 Å². The standard InChI is InChI=1S/C26H29N2O5P/c27-24(21-14-8-3-9-15-21)34(32,33)18-22(16-19-10-4-1-5-11-19)25(29)28-23(26(30)31)17-20-12-6-2-7-13-20/h1-15,22-24H,16-18,27H2,(H,28,29)(H,30,31)(H,32,33)/t22?,23-,24?/m0/s1. The maximum absolute atomic E-state index is 13.3. The fourth-order valence-corrected chi connectivity index (χ4v) is 5.58. The maximum Gasteiger partial charge on any atom is 0.326 e. The van der Waals surface area contributed by atoms with Crippen LogP contribution in [0.2, 0.25) is 0 Å². The molecule has 8 heteroatoms. The quantitative estimate of drug-likeness (QED) is 0.311. The zero-order chi connectivity index (χ0) is 24.6. The van der Waals surface area contributed by atoms with Crippen molar-refractivity contribution in [2.24, 2.45) is 11.7 Å². The van der Waals surface area contributed by atoms with Crippen molar-refractivity contribution >= 4 is 19.2 Å². The highest BCUT2D eigenvalue weighted by Crippen LogP contribution is 2.54. The average Bonchev–Trinajstić information content (AvgIpc) is 2.84. The molecule has 0 heterocycles. The van der Waals surface area contributed by atoms with E-state index < -0.39 is 37.0 Å². The molecular weight excluding hydrogens is 451 g/mol. The minimum atomic E-state index is -4.02. The first kappa shape index (κ1) is 25.4. The summed E-state index contributed by atoms with van der Waals surface area (Å²) in [5, 5.41) is 12.3. The van der Waals surface area contributed by atoms with Crippen molar-refractivity contribution in [3.63, 3.8) is 0 Å². The molecule has 4 atom stereocenters. The Morgan fingerprint density at radius 3 is 1.79 bits per heavy atom. The largest absolute Gasteiger partial charge is 0.480 e. The summed E-state index contributed by atoms with van der Waals surface area (Å²) in [7, 11) is -4.02. The molecule has 178 valence electrons. The van der Waals surface area contributed by atoms with Gasteiger partial charge in [0.25, 0.3) is 0 Å². The van der Waals surface area contributed by atoms with Gasteiger partial charge in [-0.2, -0.15) is 0 Å². The van der Waals surface area contributed by atoms with Gasteiger partial charge >= 0.3 is 5.97 Å². The van der Waals surface area contributed by atoms with Crippen LogP contribution in [0.25, 0.3) is 0 Å². The molecule has 0 aliphatic rings. The van der Waals surface area contributed by atoms with Crippen LogP contribution in [0.15, 0.2) is 91.0 Å². The van der Waals surface area contributed by atoms with Crippen molar-refractivity contribution in [1.82, 2.24) is 5.32 Å². The highest BCUT2D eigenvalue weighted by molar-refractivity contribution is 7.58. The lowest BCUT2D eigenvalue weighted by Gasteiger charge is -2.26. The highest BCUT2D eigenvalue weighted by atomic mass is 31.2. The predicted octanol–water partition coefficient (Wildman–Crippen LogP) is 3.59. The van der Waals surface area contributed by atoms with Crippen molar-refractivity contribution < 1.29 is 24.2 Å². The predicted molar refractivity (Wildman–Crippen MR) is 131 cm³/mol. The van der Waals surface area contributed by atoms with Crippen molar-refractivity contribution in [2.45, 2.75) is 24.7 Å². The van der Waals surface area contributed by atoms with Gasteiger partial charge in [-0.15, -0.1) is 0 Å². The zero-order valence-electron chi connectivity index (χ0n) is 18.7. The number of aliphatic carboxylic acids is 1. The molecule has 3 aromatic rings. The van der Waals surface area contributed by atoms with E-state index >= 15 is 0 Å². The molecule has 0 aliphatic heterocycles. The van der Waals surface area contributed by atoms with E-state index in [1.54, 1.807) is 54.6 Å². The lowest BCUT2D eigenvalue weighted by Crippen LogP contribution is -2.46. The molecule has 7 nitrogen and oxygen atoms in total. The number of carbonyl (C=O) groups excluding carboxylic acids is 1. The summed E-state index contributed by atoms with van der Waals surface area (Å²) in [6.07, 6.45) is -0.0990. The summed E-state index contributed by atoms with van der Waals surface area (Å²) in [5.41, 5.74) is 8.18. The van der Waals surface area contributed by atoms with Crippen LogP contribution >= 0.6 is 7.37 Å². The summed E-state index contributed by atoms with van der Waals surface area (Å²) < 4.78 is 13.3. The fraction of sp³-hybridized carbons (Fsp3) is 0.231. The molecule has 1 amide bonds. The van der Waals surface area contributed by atoms with Crippen LogP contribution in [-0.4, -0.2) is 34.1 Å². The molecule has 0 fully saturated rings. The summed E-state index contributed by atoms with van der Waals surface area (Å²) in [4.78, 5) is 35.9. The third kappa shape index (κ3) is 7.12. The third-order valence-electron chi connectivity index (χ3n) is 5.65. The number of carboxylic acids is 1. The second-order valence-corrected chi connectivity index (χ2v) is 10.7. The van der Waals surface area contributed by atoms with Gasteiger partial charge in [0.15, 0.2) is 0 Å². The zero-order valence-corrected chi connectivity index (χ0v) is 19.6. The van der Waals surface area contributed by atoms with Crippen LogP contribution in [0.5, 0.6) is 0 Å². The summed E-state index contributed by atoms with van der Waals surface area (Å²) in [6.45, 7) is 0. The molecule has 0 aliphatic carbocycles. The highest BCUT2D eigenvalue weighted by Gasteiger charge is 2.36. The molecule has 0 saturated carbocycles. The van der Waals surface area contributed by atoms with Gasteiger partial charge in [-0.1, -0.05) is 91.0 Å². The minimum absolute atomic E-state index is 0.0975. The number of carbonyl (C=O) groups is 2. The van der Waals surface area contributed by atoms with Gasteiger partial charge in [-0.3, -0.25) is 9.36 Å². The SMILES string of the molecule is NC(c1ccccc1)P(=O)(O)CC(Cc1ccccc1)C(=O)N[C@@H](Cc1ccccc1)C(=O)O. The third-order valence-corrected chi connectivity index (χ3v) is 7.78. The Labute approximate surface area is 199 Å². The topological polar surface area (TPSA) is 130 Å². The lowest BCUT2D eigenvalue weighted by molar-refractivity contribution is -0.142. The van der Waals surface area contributed by atoms with E-state index in [0.717, 1.165) is 11.1 Å². The van der Waals surface area contributed by atoms with E-state index in [-0.39, 0.29) is 19.0 Å². The van der Waals surface area contributed by atoms with Crippen molar-refractivity contribution in [3.8, 4) is 0 Å². The molecule has 0 saturated heterocycles. The fourth-order valence-electron chi connectivity index (χ4n) is 3.79. The molecule has 34 heavy (non-hydrogen) atoms. The number of benzene rings is 3. The van der Waals surface area contributed by atoms with E-state index in [1.165, 1.54) is 0 Å². The number of rotatable bonds is 11. The Morgan fingerprint density at radius 1 is 0.824 bits per heavy atom. The Bertz CT molecular complexity index is 1130. The van der Waals surface area contributed by atoms with Gasteiger partial charge in [0.2, 0.25) is 13.3 Å². The van der Waals surface area contributed by atoms with E-state index in [1.807, 2.05) is 36.4 Å². The molecule has 3 rings (SSSR count). The monoisotopic (exact) mass is 480 g/mol. The van der Waals surface area contributed by atoms with E-state index in [2.05, 4.69) is 5.32 Å².